The number of benzene rings is 1. The van der Waals surface area contributed by atoms with E-state index in [-0.39, 0.29) is 24.1 Å². The third-order valence-corrected chi connectivity index (χ3v) is 4.00. The van der Waals surface area contributed by atoms with Crippen molar-refractivity contribution in [2.24, 2.45) is 0 Å². The summed E-state index contributed by atoms with van der Waals surface area (Å²) in [6, 6.07) is 5.44. The normalized spacial score (nSPS) is 15.0. The summed E-state index contributed by atoms with van der Waals surface area (Å²) in [6.07, 6.45) is 2.17. The van der Waals surface area contributed by atoms with Gasteiger partial charge in [-0.2, -0.15) is 5.26 Å². The van der Waals surface area contributed by atoms with Gasteiger partial charge in [0, 0.05) is 37.7 Å². The highest BCUT2D eigenvalue weighted by atomic mass is 19.1. The maximum Gasteiger partial charge on any atom is 0.315 e. The molecule has 128 valence electrons. The molecule has 2 N–H and O–H groups in total. The first kappa shape index (κ1) is 17.7. The fraction of sp³-hybridized carbons (Fsp3) is 0.471. The third-order valence-electron chi connectivity index (χ3n) is 4.00. The monoisotopic (exact) mass is 332 g/mol. The van der Waals surface area contributed by atoms with Gasteiger partial charge in [-0.25, -0.2) is 9.18 Å². The molecule has 1 aliphatic heterocycles. The molecule has 0 aromatic heterocycles. The Balaban J connectivity index is 1.74. The standard InChI is InChI=1S/C17H21FN4O2/c1-12(6-8-22-7-2-3-16(22)23)21-17(24)20-11-14-9-13(10-19)4-5-15(14)18/h4-5,9,12H,2-3,6-8,11H2,1H3,(H2,20,21,24). The van der Waals surface area contributed by atoms with E-state index in [9.17, 15) is 14.0 Å². The van der Waals surface area contributed by atoms with Gasteiger partial charge in [0.25, 0.3) is 0 Å². The Morgan fingerprint density at radius 2 is 2.29 bits per heavy atom. The van der Waals surface area contributed by atoms with E-state index in [0.29, 0.717) is 24.9 Å². The number of carbonyl (C=O) groups excluding carboxylic acids is 2. The van der Waals surface area contributed by atoms with E-state index in [1.807, 2.05) is 13.0 Å². The van der Waals surface area contributed by atoms with Gasteiger partial charge in [-0.15, -0.1) is 0 Å². The fourth-order valence-electron chi connectivity index (χ4n) is 2.59. The number of halogens is 1. The molecular weight excluding hydrogens is 311 g/mol. The molecule has 0 radical (unpaired) electrons. The molecule has 1 aromatic rings. The summed E-state index contributed by atoms with van der Waals surface area (Å²) in [7, 11) is 0. The van der Waals surface area contributed by atoms with Crippen LogP contribution in [0.4, 0.5) is 9.18 Å². The maximum atomic E-state index is 13.6. The number of amides is 3. The molecular formula is C17H21FN4O2. The van der Waals surface area contributed by atoms with Gasteiger partial charge in [0.2, 0.25) is 5.91 Å². The SMILES string of the molecule is CC(CCN1CCCC1=O)NC(=O)NCc1cc(C#N)ccc1F. The first-order chi connectivity index (χ1) is 11.5. The second-order valence-corrected chi connectivity index (χ2v) is 5.92. The Hall–Kier alpha value is -2.62. The van der Waals surface area contributed by atoms with Gasteiger partial charge in [-0.3, -0.25) is 4.79 Å². The van der Waals surface area contributed by atoms with Crippen molar-refractivity contribution in [1.82, 2.24) is 15.5 Å². The molecule has 0 aliphatic carbocycles. The molecule has 2 rings (SSSR count). The largest absolute Gasteiger partial charge is 0.343 e. The minimum absolute atomic E-state index is 0.00448. The topological polar surface area (TPSA) is 85.2 Å². The van der Waals surface area contributed by atoms with Gasteiger partial charge >= 0.3 is 6.03 Å². The van der Waals surface area contributed by atoms with Crippen LogP contribution in [0.5, 0.6) is 0 Å². The number of urea groups is 1. The van der Waals surface area contributed by atoms with Gasteiger partial charge in [-0.05, 0) is 38.0 Å². The molecule has 24 heavy (non-hydrogen) atoms. The van der Waals surface area contributed by atoms with Crippen LogP contribution in [0.25, 0.3) is 0 Å². The Morgan fingerprint density at radius 1 is 1.50 bits per heavy atom. The van der Waals surface area contributed by atoms with Gasteiger partial charge in [0.1, 0.15) is 5.82 Å². The van der Waals surface area contributed by atoms with Crippen LogP contribution in [0.2, 0.25) is 0 Å². The maximum absolute atomic E-state index is 13.6. The van der Waals surface area contributed by atoms with E-state index in [4.69, 9.17) is 5.26 Å². The van der Waals surface area contributed by atoms with Crippen LogP contribution in [0.15, 0.2) is 18.2 Å². The van der Waals surface area contributed by atoms with Crippen molar-refractivity contribution >= 4 is 11.9 Å². The molecule has 1 aromatic carbocycles. The number of nitrogens with one attached hydrogen (secondary N) is 2. The molecule has 1 aliphatic rings. The number of hydrogen-bond acceptors (Lipinski definition) is 3. The Morgan fingerprint density at radius 3 is 2.96 bits per heavy atom. The van der Waals surface area contributed by atoms with Crippen LogP contribution < -0.4 is 10.6 Å². The van der Waals surface area contributed by atoms with Crippen molar-refractivity contribution in [3.8, 4) is 6.07 Å². The summed E-state index contributed by atoms with van der Waals surface area (Å²) < 4.78 is 13.6. The van der Waals surface area contributed by atoms with E-state index in [2.05, 4.69) is 10.6 Å². The van der Waals surface area contributed by atoms with Gasteiger partial charge in [0.05, 0.1) is 11.6 Å². The predicted octanol–water partition coefficient (Wildman–Crippen LogP) is 1.90. The smallest absolute Gasteiger partial charge is 0.315 e. The third kappa shape index (κ3) is 4.95. The highest BCUT2D eigenvalue weighted by molar-refractivity contribution is 5.78. The summed E-state index contributed by atoms with van der Waals surface area (Å²) in [4.78, 5) is 25.2. The average molecular weight is 332 g/mol. The highest BCUT2D eigenvalue weighted by Gasteiger charge is 2.20. The van der Waals surface area contributed by atoms with E-state index < -0.39 is 11.8 Å². The second-order valence-electron chi connectivity index (χ2n) is 5.92. The summed E-state index contributed by atoms with van der Waals surface area (Å²) in [5.41, 5.74) is 0.608. The van der Waals surface area contributed by atoms with Crippen LogP contribution in [0, 0.1) is 17.1 Å². The number of carbonyl (C=O) groups is 2. The Labute approximate surface area is 140 Å². The molecule has 1 fully saturated rings. The molecule has 6 nitrogen and oxygen atoms in total. The number of hydrogen-bond donors (Lipinski definition) is 2. The molecule has 0 bridgehead atoms. The average Bonchev–Trinajstić information content (AvgIpc) is 2.97. The zero-order valence-corrected chi connectivity index (χ0v) is 13.6. The molecule has 0 spiro atoms. The quantitative estimate of drug-likeness (QED) is 0.834. The zero-order chi connectivity index (χ0) is 17.5. The second kappa shape index (κ2) is 8.29. The number of nitrogens with zero attached hydrogens (tertiary/aromatic N) is 2. The molecule has 1 atom stereocenters. The lowest BCUT2D eigenvalue weighted by atomic mass is 10.1. The molecule has 1 saturated heterocycles. The van der Waals surface area contributed by atoms with Crippen LogP contribution >= 0.6 is 0 Å². The van der Waals surface area contributed by atoms with Gasteiger partial charge < -0.3 is 15.5 Å². The van der Waals surface area contributed by atoms with Crippen LogP contribution in [-0.4, -0.2) is 36.0 Å². The summed E-state index contributed by atoms with van der Waals surface area (Å²) >= 11 is 0. The van der Waals surface area contributed by atoms with E-state index in [0.717, 1.165) is 13.0 Å². The lowest BCUT2D eigenvalue weighted by Gasteiger charge is -2.19. The molecule has 1 unspecified atom stereocenters. The first-order valence-electron chi connectivity index (χ1n) is 8.00. The minimum atomic E-state index is -0.463. The van der Waals surface area contributed by atoms with Crippen molar-refractivity contribution in [2.45, 2.75) is 38.8 Å². The molecule has 7 heteroatoms. The highest BCUT2D eigenvalue weighted by Crippen LogP contribution is 2.11. The lowest BCUT2D eigenvalue weighted by molar-refractivity contribution is -0.127. The van der Waals surface area contributed by atoms with E-state index in [1.54, 1.807) is 4.90 Å². The Bertz CT molecular complexity index is 656. The summed E-state index contributed by atoms with van der Waals surface area (Å²) in [5, 5.41) is 14.2. The first-order valence-corrected chi connectivity index (χ1v) is 8.00. The van der Waals surface area contributed by atoms with Crippen LogP contribution in [0.3, 0.4) is 0 Å². The zero-order valence-electron chi connectivity index (χ0n) is 13.6. The van der Waals surface area contributed by atoms with Crippen molar-refractivity contribution in [1.29, 1.82) is 5.26 Å². The van der Waals surface area contributed by atoms with Crippen molar-refractivity contribution < 1.29 is 14.0 Å². The van der Waals surface area contributed by atoms with Gasteiger partial charge in [-0.1, -0.05) is 0 Å². The lowest BCUT2D eigenvalue weighted by Crippen LogP contribution is -2.42. The van der Waals surface area contributed by atoms with Crippen LogP contribution in [0.1, 0.15) is 37.3 Å². The number of likely N-dealkylation sites (tertiary alicyclic amines) is 1. The molecule has 1 heterocycles. The van der Waals surface area contributed by atoms with E-state index in [1.165, 1.54) is 18.2 Å². The summed E-state index contributed by atoms with van der Waals surface area (Å²) in [6.45, 7) is 3.27. The number of rotatable bonds is 6. The Kier molecular flexibility index (Phi) is 6.13. The molecule has 0 saturated carbocycles. The molecule has 3 amide bonds. The fourth-order valence-corrected chi connectivity index (χ4v) is 2.59. The van der Waals surface area contributed by atoms with Crippen molar-refractivity contribution in [3.05, 3.63) is 35.1 Å². The predicted molar refractivity (Wildman–Crippen MR) is 86.4 cm³/mol. The van der Waals surface area contributed by atoms with Crippen molar-refractivity contribution in [3.63, 3.8) is 0 Å². The number of nitriles is 1. The van der Waals surface area contributed by atoms with E-state index >= 15 is 0 Å². The minimum Gasteiger partial charge on any atom is -0.343 e. The van der Waals surface area contributed by atoms with Crippen LogP contribution in [-0.2, 0) is 11.3 Å². The van der Waals surface area contributed by atoms with Gasteiger partial charge in [0.15, 0.2) is 0 Å². The van der Waals surface area contributed by atoms with Crippen molar-refractivity contribution in [2.75, 3.05) is 13.1 Å². The summed E-state index contributed by atoms with van der Waals surface area (Å²) in [5.74, 6) is -0.297.